The Bertz CT molecular complexity index is 99.6. The summed E-state index contributed by atoms with van der Waals surface area (Å²) >= 11 is 0. The smallest absolute Gasteiger partial charge is 0.210 e. The molecule has 0 aromatic heterocycles. The molecule has 3 nitrogen and oxygen atoms in total. The molecule has 11 heavy (non-hydrogen) atoms. The van der Waals surface area contributed by atoms with Gasteiger partial charge in [-0.25, -0.2) is 8.78 Å². The van der Waals surface area contributed by atoms with E-state index in [2.05, 4.69) is 0 Å². The van der Waals surface area contributed by atoms with E-state index in [1.165, 1.54) is 0 Å². The Balaban J connectivity index is 0. The van der Waals surface area contributed by atoms with Gasteiger partial charge in [0.15, 0.2) is 4.75 Å². The molecule has 0 amide bonds. The third kappa shape index (κ3) is 27.4. The fourth-order valence-corrected chi connectivity index (χ4v) is 0.175. The van der Waals surface area contributed by atoms with Crippen LogP contribution in [0.2, 0.25) is 0 Å². The average Bonchev–Trinajstić information content (AvgIpc) is 1.57. The van der Waals surface area contributed by atoms with Crippen molar-refractivity contribution in [3.05, 3.63) is 9.71 Å². The molecule has 68 valence electrons. The molecule has 0 heterocycles. The van der Waals surface area contributed by atoms with Gasteiger partial charge in [0.25, 0.3) is 0 Å². The van der Waals surface area contributed by atoms with Crippen LogP contribution in [0.5, 0.6) is 0 Å². The van der Waals surface area contributed by atoms with Crippen LogP contribution in [0.4, 0.5) is 22.0 Å². The van der Waals surface area contributed by atoms with Crippen molar-refractivity contribution in [1.82, 2.24) is 0 Å². The molecular formula is C3H3F5O3. The van der Waals surface area contributed by atoms with Gasteiger partial charge in [0.05, 0.1) is 0 Å². The predicted molar refractivity (Wildman–Crippen MR) is 23.4 cm³/mol. The first kappa shape index (κ1) is 12.7. The quantitative estimate of drug-likeness (QED) is 0.263. The summed E-state index contributed by atoms with van der Waals surface area (Å²) in [5.74, 6) is 0. The number of alkyl halides is 5. The van der Waals surface area contributed by atoms with Gasteiger partial charge in [0.2, 0.25) is 6.43 Å². The molecule has 0 N–H and O–H groups in total. The minimum Gasteiger partial charge on any atom is -0.210 e. The van der Waals surface area contributed by atoms with Crippen LogP contribution in [0.15, 0.2) is 0 Å². The molecule has 0 unspecified atom stereocenters. The molecule has 0 atom stereocenters. The highest BCUT2D eigenvalue weighted by atomic mass is 19.4. The zero-order chi connectivity index (χ0) is 9.49. The van der Waals surface area contributed by atoms with Gasteiger partial charge in [-0.1, -0.05) is 10.2 Å². The van der Waals surface area contributed by atoms with E-state index in [1.807, 2.05) is 0 Å². The van der Waals surface area contributed by atoms with Gasteiger partial charge in [0, 0.05) is 0 Å². The minimum absolute atomic E-state index is 1.75. The number of rotatable bonds is 1. The Morgan fingerprint density at radius 2 is 1.64 bits per heavy atom. The molecule has 0 aliphatic carbocycles. The van der Waals surface area contributed by atoms with Gasteiger partial charge in [-0.05, 0) is 0 Å². The molecule has 0 rings (SSSR count). The van der Waals surface area contributed by atoms with Crippen LogP contribution >= 0.6 is 0 Å². The molecule has 0 fully saturated rings. The lowest BCUT2D eigenvalue weighted by atomic mass is 10.4. The lowest BCUT2D eigenvalue weighted by Crippen LogP contribution is -2.12. The first-order valence-electron chi connectivity index (χ1n) is 2.10. The minimum atomic E-state index is -4.73. The molecule has 0 spiro atoms. The maximum absolute atomic E-state index is 10.8. The van der Waals surface area contributed by atoms with Gasteiger partial charge in [-0.15, -0.1) is 0 Å². The zero-order valence-electron chi connectivity index (χ0n) is 4.90. The van der Waals surface area contributed by atoms with Crippen LogP contribution < -0.4 is 5.26 Å². The third-order valence-corrected chi connectivity index (χ3v) is 0.386. The molecule has 8 heteroatoms. The topological polar surface area (TPSA) is 51.4 Å². The van der Waals surface area contributed by atoms with Gasteiger partial charge >= 0.3 is 6.18 Å². The van der Waals surface area contributed by atoms with E-state index >= 15 is 0 Å². The maximum Gasteiger partial charge on any atom is 0.394 e. The SMILES string of the molecule is FC(F)CC(F)(F)F.O=[O+][O-]. The first-order valence-corrected chi connectivity index (χ1v) is 2.10. The average molecular weight is 182 g/mol. The van der Waals surface area contributed by atoms with Gasteiger partial charge < -0.3 is 0 Å². The summed E-state index contributed by atoms with van der Waals surface area (Å²) in [5.41, 5.74) is 0. The Morgan fingerprint density at radius 3 is 1.64 bits per heavy atom. The second-order valence-corrected chi connectivity index (χ2v) is 1.28. The third-order valence-electron chi connectivity index (χ3n) is 0.386. The number of halogens is 5. The summed E-state index contributed by atoms with van der Waals surface area (Å²) in [4.78, 5) is 7.88. The molecule has 0 bridgehead atoms. The van der Waals surface area contributed by atoms with Crippen molar-refractivity contribution < 1.29 is 27.2 Å². The van der Waals surface area contributed by atoms with Crippen LogP contribution in [-0.4, -0.2) is 12.6 Å². The Labute approximate surface area is 57.3 Å². The molecule has 0 radical (unpaired) electrons. The van der Waals surface area contributed by atoms with Crippen molar-refractivity contribution in [2.45, 2.75) is 19.0 Å². The summed E-state index contributed by atoms with van der Waals surface area (Å²) in [7, 11) is 0. The molecule has 0 aliphatic heterocycles. The van der Waals surface area contributed by atoms with Crippen molar-refractivity contribution >= 4 is 0 Å². The largest absolute Gasteiger partial charge is 0.394 e. The highest BCUT2D eigenvalue weighted by molar-refractivity contribution is 4.50. The molecule has 0 aliphatic rings. The second-order valence-electron chi connectivity index (χ2n) is 1.28. The monoisotopic (exact) mass is 182 g/mol. The van der Waals surface area contributed by atoms with Crippen LogP contribution in [-0.2, 0) is 0 Å². The van der Waals surface area contributed by atoms with Crippen molar-refractivity contribution in [3.63, 3.8) is 0 Å². The zero-order valence-corrected chi connectivity index (χ0v) is 4.90. The Morgan fingerprint density at radius 1 is 1.36 bits per heavy atom. The van der Waals surface area contributed by atoms with Gasteiger partial charge in [-0.2, -0.15) is 13.2 Å². The number of hydrogen-bond acceptors (Lipinski definition) is 2. The lowest BCUT2D eigenvalue weighted by Gasteiger charge is -2.02. The first-order chi connectivity index (χ1) is 4.83. The molecule has 0 saturated heterocycles. The van der Waals surface area contributed by atoms with Gasteiger partial charge in [-0.3, -0.25) is 0 Å². The summed E-state index contributed by atoms with van der Waals surface area (Å²) in [5, 5.41) is 7.88. The Hall–Kier alpha value is -0.950. The fraction of sp³-hybridized carbons (Fsp3) is 1.00. The van der Waals surface area contributed by atoms with Gasteiger partial charge in [0.1, 0.15) is 6.42 Å². The molecule has 0 saturated carbocycles. The van der Waals surface area contributed by atoms with Crippen LogP contribution in [0.1, 0.15) is 6.42 Å². The van der Waals surface area contributed by atoms with E-state index < -0.39 is 19.0 Å². The van der Waals surface area contributed by atoms with E-state index in [0.29, 0.717) is 0 Å². The summed E-state index contributed by atoms with van der Waals surface area (Å²) < 4.78 is 55.9. The standard InChI is InChI=1S/C3H3F5.O3/c4-2(5)1-3(6,7)8;1-3-2/h2H,1H2;. The highest BCUT2D eigenvalue weighted by Crippen LogP contribution is 2.22. The number of hydrogen-bond donors (Lipinski definition) is 0. The maximum atomic E-state index is 10.8. The van der Waals surface area contributed by atoms with Crippen LogP contribution in [0.3, 0.4) is 0 Å². The van der Waals surface area contributed by atoms with Crippen LogP contribution in [0.25, 0.3) is 0 Å². The summed E-state index contributed by atoms with van der Waals surface area (Å²) in [6.45, 7) is 0. The summed E-state index contributed by atoms with van der Waals surface area (Å²) in [6.07, 6.45) is -10.0. The summed E-state index contributed by atoms with van der Waals surface area (Å²) in [6, 6.07) is 0. The fourth-order valence-electron chi connectivity index (χ4n) is 0.175. The highest BCUT2D eigenvalue weighted by Gasteiger charge is 2.31. The molecular weight excluding hydrogens is 179 g/mol. The van der Waals surface area contributed by atoms with Crippen molar-refractivity contribution in [3.8, 4) is 0 Å². The van der Waals surface area contributed by atoms with E-state index in [9.17, 15) is 22.0 Å². The van der Waals surface area contributed by atoms with E-state index in [-0.39, 0.29) is 0 Å². The van der Waals surface area contributed by atoms with Crippen molar-refractivity contribution in [1.29, 1.82) is 0 Å². The van der Waals surface area contributed by atoms with E-state index in [4.69, 9.17) is 10.2 Å². The normalized spacial score (nSPS) is 10.4. The molecule has 0 aromatic rings. The van der Waals surface area contributed by atoms with Crippen LogP contribution in [0, 0.1) is 9.71 Å². The predicted octanol–water partition coefficient (Wildman–Crippen LogP) is 1.08. The Kier molecular flexibility index (Phi) is 6.70. The second kappa shape index (κ2) is 5.81. The molecule has 0 aromatic carbocycles. The van der Waals surface area contributed by atoms with E-state index in [1.54, 1.807) is 4.75 Å². The van der Waals surface area contributed by atoms with Crippen molar-refractivity contribution in [2.24, 2.45) is 0 Å². The van der Waals surface area contributed by atoms with Crippen molar-refractivity contribution in [2.75, 3.05) is 0 Å². The lowest BCUT2D eigenvalue weighted by molar-refractivity contribution is -0.284. The van der Waals surface area contributed by atoms with E-state index in [0.717, 1.165) is 0 Å².